The van der Waals surface area contributed by atoms with Gasteiger partial charge in [-0.15, -0.1) is 0 Å². The van der Waals surface area contributed by atoms with E-state index in [0.717, 1.165) is 31.5 Å². The molecule has 2 amide bonds. The fraction of sp³-hybridized carbons (Fsp3) is 0.391. The van der Waals surface area contributed by atoms with Crippen LogP contribution in [0.25, 0.3) is 0 Å². The van der Waals surface area contributed by atoms with Crippen LogP contribution in [-0.4, -0.2) is 61.4 Å². The van der Waals surface area contributed by atoms with Crippen molar-refractivity contribution in [3.8, 4) is 5.75 Å². The van der Waals surface area contributed by atoms with E-state index in [2.05, 4.69) is 5.32 Å². The lowest BCUT2D eigenvalue weighted by molar-refractivity contribution is -0.122. The highest BCUT2D eigenvalue weighted by atomic mass is 19.1. The molecule has 6 nitrogen and oxygen atoms in total. The molecule has 0 saturated carbocycles. The van der Waals surface area contributed by atoms with E-state index in [9.17, 15) is 14.0 Å². The summed E-state index contributed by atoms with van der Waals surface area (Å²) >= 11 is 0. The van der Waals surface area contributed by atoms with E-state index < -0.39 is 0 Å². The number of rotatable bonds is 9. The third-order valence-corrected chi connectivity index (χ3v) is 5.05. The summed E-state index contributed by atoms with van der Waals surface area (Å²) < 4.78 is 18.4. The molecule has 30 heavy (non-hydrogen) atoms. The summed E-state index contributed by atoms with van der Waals surface area (Å²) in [6.07, 6.45) is 2.14. The normalized spacial score (nSPS) is 13.5. The number of hydrogen-bond acceptors (Lipinski definition) is 4. The topological polar surface area (TPSA) is 61.9 Å². The predicted molar refractivity (Wildman–Crippen MR) is 113 cm³/mol. The molecule has 1 fully saturated rings. The lowest BCUT2D eigenvalue weighted by Crippen LogP contribution is -2.36. The first-order chi connectivity index (χ1) is 14.5. The number of hydrogen-bond donors (Lipinski definition) is 1. The minimum absolute atomic E-state index is 0.0765. The standard InChI is InChI=1S/C23H28FN3O3/c1-26(14-15-30-21-10-8-20(24)9-11-21)17-22(28)25-16-18-4-6-19(7-5-18)23(29)27-12-2-3-13-27/h4-11H,2-3,12-17H2,1H3,(H,25,28). The van der Waals surface area contributed by atoms with E-state index in [0.29, 0.717) is 31.0 Å². The third-order valence-electron chi connectivity index (χ3n) is 5.05. The Bertz CT molecular complexity index is 834. The number of benzene rings is 2. The number of amides is 2. The van der Waals surface area contributed by atoms with Crippen molar-refractivity contribution in [2.75, 3.05) is 39.8 Å². The number of ether oxygens (including phenoxy) is 1. The number of nitrogens with one attached hydrogen (secondary N) is 1. The molecule has 1 heterocycles. The third kappa shape index (κ3) is 6.56. The van der Waals surface area contributed by atoms with Gasteiger partial charge in [0.1, 0.15) is 18.2 Å². The zero-order valence-corrected chi connectivity index (χ0v) is 17.3. The lowest BCUT2D eigenvalue weighted by Gasteiger charge is -2.17. The van der Waals surface area contributed by atoms with Gasteiger partial charge in [-0.25, -0.2) is 4.39 Å². The summed E-state index contributed by atoms with van der Waals surface area (Å²) in [5, 5.41) is 2.89. The van der Waals surface area contributed by atoms with Crippen molar-refractivity contribution in [1.82, 2.24) is 15.1 Å². The summed E-state index contributed by atoms with van der Waals surface area (Å²) in [5.74, 6) is 0.286. The largest absolute Gasteiger partial charge is 0.492 e. The number of nitrogens with zero attached hydrogens (tertiary/aromatic N) is 2. The van der Waals surface area contributed by atoms with Crippen LogP contribution >= 0.6 is 0 Å². The molecule has 0 aromatic heterocycles. The number of likely N-dealkylation sites (N-methyl/N-ethyl adjacent to an activating group) is 1. The smallest absolute Gasteiger partial charge is 0.253 e. The second-order valence-corrected chi connectivity index (χ2v) is 7.51. The summed E-state index contributed by atoms with van der Waals surface area (Å²) in [6, 6.07) is 13.2. The number of halogens is 1. The summed E-state index contributed by atoms with van der Waals surface area (Å²) in [4.78, 5) is 28.3. The molecule has 3 rings (SSSR count). The summed E-state index contributed by atoms with van der Waals surface area (Å²) in [6.45, 7) is 3.30. The fourth-order valence-electron chi connectivity index (χ4n) is 3.30. The molecule has 0 atom stereocenters. The predicted octanol–water partition coefficient (Wildman–Crippen LogP) is 2.69. The molecule has 0 aliphatic carbocycles. The summed E-state index contributed by atoms with van der Waals surface area (Å²) in [5.41, 5.74) is 1.64. The van der Waals surface area contributed by atoms with Gasteiger partial charge in [0.25, 0.3) is 5.91 Å². The van der Waals surface area contributed by atoms with Gasteiger partial charge in [0.2, 0.25) is 5.91 Å². The van der Waals surface area contributed by atoms with Crippen LogP contribution in [0.4, 0.5) is 4.39 Å². The van der Waals surface area contributed by atoms with Crippen molar-refractivity contribution in [3.05, 3.63) is 65.5 Å². The van der Waals surface area contributed by atoms with E-state index in [1.165, 1.54) is 12.1 Å². The molecule has 7 heteroatoms. The number of likely N-dealkylation sites (tertiary alicyclic amines) is 1. The molecule has 160 valence electrons. The average molecular weight is 413 g/mol. The second-order valence-electron chi connectivity index (χ2n) is 7.51. The first-order valence-corrected chi connectivity index (χ1v) is 10.2. The van der Waals surface area contributed by atoms with Crippen LogP contribution in [0.3, 0.4) is 0 Å². The zero-order valence-electron chi connectivity index (χ0n) is 17.3. The molecule has 0 radical (unpaired) electrons. The van der Waals surface area contributed by atoms with Crippen LogP contribution in [-0.2, 0) is 11.3 Å². The highest BCUT2D eigenvalue weighted by Gasteiger charge is 2.19. The minimum atomic E-state index is -0.302. The maximum atomic E-state index is 12.9. The summed E-state index contributed by atoms with van der Waals surface area (Å²) in [7, 11) is 1.84. The second kappa shape index (κ2) is 10.7. The van der Waals surface area contributed by atoms with Crippen molar-refractivity contribution in [1.29, 1.82) is 0 Å². The average Bonchev–Trinajstić information content (AvgIpc) is 3.28. The Morgan fingerprint density at radius 1 is 1.07 bits per heavy atom. The maximum absolute atomic E-state index is 12.9. The van der Waals surface area contributed by atoms with Gasteiger partial charge in [0.05, 0.1) is 6.54 Å². The van der Waals surface area contributed by atoms with Crippen molar-refractivity contribution in [3.63, 3.8) is 0 Å². The Hall–Kier alpha value is -2.93. The Morgan fingerprint density at radius 3 is 2.40 bits per heavy atom. The number of carbonyl (C=O) groups is 2. The maximum Gasteiger partial charge on any atom is 0.253 e. The molecule has 0 unspecified atom stereocenters. The molecule has 1 aliphatic heterocycles. The fourth-order valence-corrected chi connectivity index (χ4v) is 3.30. The Kier molecular flexibility index (Phi) is 7.79. The van der Waals surface area contributed by atoms with Crippen molar-refractivity contribution < 1.29 is 18.7 Å². The first kappa shape index (κ1) is 21.8. The van der Waals surface area contributed by atoms with Gasteiger partial charge in [0, 0.05) is 31.7 Å². The van der Waals surface area contributed by atoms with Gasteiger partial charge in [-0.05, 0) is 61.9 Å². The Balaban J connectivity index is 1.35. The zero-order chi connectivity index (χ0) is 21.3. The Labute approximate surface area is 176 Å². The molecule has 0 bridgehead atoms. The highest BCUT2D eigenvalue weighted by molar-refractivity contribution is 5.94. The van der Waals surface area contributed by atoms with Crippen LogP contribution in [0.15, 0.2) is 48.5 Å². The van der Waals surface area contributed by atoms with Crippen LogP contribution in [0.5, 0.6) is 5.75 Å². The van der Waals surface area contributed by atoms with Crippen LogP contribution in [0.2, 0.25) is 0 Å². The number of carbonyl (C=O) groups excluding carboxylic acids is 2. The molecule has 1 N–H and O–H groups in total. The van der Waals surface area contributed by atoms with Gasteiger partial charge in [-0.2, -0.15) is 0 Å². The van der Waals surface area contributed by atoms with Crippen LogP contribution < -0.4 is 10.1 Å². The van der Waals surface area contributed by atoms with Gasteiger partial charge >= 0.3 is 0 Å². The van der Waals surface area contributed by atoms with Gasteiger partial charge < -0.3 is 15.0 Å². The van der Waals surface area contributed by atoms with Crippen molar-refractivity contribution in [2.24, 2.45) is 0 Å². The van der Waals surface area contributed by atoms with E-state index >= 15 is 0 Å². The highest BCUT2D eigenvalue weighted by Crippen LogP contribution is 2.14. The monoisotopic (exact) mass is 413 g/mol. The lowest BCUT2D eigenvalue weighted by atomic mass is 10.1. The molecule has 1 aliphatic rings. The molecule has 2 aromatic carbocycles. The van der Waals surface area contributed by atoms with Gasteiger partial charge in [-0.1, -0.05) is 12.1 Å². The SMILES string of the molecule is CN(CCOc1ccc(F)cc1)CC(=O)NCc1ccc(C(=O)N2CCCC2)cc1. The molecular formula is C23H28FN3O3. The molecule has 1 saturated heterocycles. The van der Waals surface area contributed by atoms with Gasteiger partial charge in [0.15, 0.2) is 0 Å². The molecular weight excluding hydrogens is 385 g/mol. The minimum Gasteiger partial charge on any atom is -0.492 e. The molecule has 2 aromatic rings. The van der Waals surface area contributed by atoms with Crippen molar-refractivity contribution in [2.45, 2.75) is 19.4 Å². The van der Waals surface area contributed by atoms with Crippen molar-refractivity contribution >= 4 is 11.8 Å². The van der Waals surface area contributed by atoms with Gasteiger partial charge in [-0.3, -0.25) is 14.5 Å². The van der Waals surface area contributed by atoms with Crippen LogP contribution in [0, 0.1) is 5.82 Å². The molecule has 0 spiro atoms. The van der Waals surface area contributed by atoms with E-state index in [-0.39, 0.29) is 24.2 Å². The van der Waals surface area contributed by atoms with E-state index in [1.54, 1.807) is 12.1 Å². The van der Waals surface area contributed by atoms with E-state index in [1.807, 2.05) is 41.1 Å². The van der Waals surface area contributed by atoms with Crippen LogP contribution in [0.1, 0.15) is 28.8 Å². The van der Waals surface area contributed by atoms with E-state index in [4.69, 9.17) is 4.74 Å². The first-order valence-electron chi connectivity index (χ1n) is 10.2. The quantitative estimate of drug-likeness (QED) is 0.687. The Morgan fingerprint density at radius 2 is 1.73 bits per heavy atom.